The lowest BCUT2D eigenvalue weighted by molar-refractivity contribution is 0.0941. The summed E-state index contributed by atoms with van der Waals surface area (Å²) in [7, 11) is -3.18. The van der Waals surface area contributed by atoms with Gasteiger partial charge in [-0.3, -0.25) is 9.10 Å². The Kier molecular flexibility index (Phi) is 4.10. The van der Waals surface area contributed by atoms with Gasteiger partial charge in [-0.25, -0.2) is 8.42 Å². The third-order valence-corrected chi connectivity index (χ3v) is 6.13. The smallest absolute Gasteiger partial charge is 0.251 e. The fourth-order valence-corrected chi connectivity index (χ4v) is 4.37. The predicted octanol–water partition coefficient (Wildman–Crippen LogP) is 0.484. The highest BCUT2D eigenvalue weighted by Gasteiger charge is 2.28. The van der Waals surface area contributed by atoms with Crippen LogP contribution in [0.1, 0.15) is 22.3 Å². The molecule has 0 aliphatic carbocycles. The van der Waals surface area contributed by atoms with E-state index < -0.39 is 10.0 Å². The Balaban J connectivity index is 1.72. The van der Waals surface area contributed by atoms with Crippen molar-refractivity contribution in [2.75, 3.05) is 36.2 Å². The average molecular weight is 323 g/mol. The highest BCUT2D eigenvalue weighted by Crippen LogP contribution is 2.26. The number of sulfonamides is 1. The molecule has 2 N–H and O–H groups in total. The SMILES string of the molecule is Cc1cc(N2CCCS2(=O)=O)ccc1C(=O)NCC1CNC1. The first-order valence-electron chi connectivity index (χ1n) is 7.57. The summed E-state index contributed by atoms with van der Waals surface area (Å²) in [5.41, 5.74) is 2.05. The van der Waals surface area contributed by atoms with Gasteiger partial charge in [0, 0.05) is 37.7 Å². The van der Waals surface area contributed by atoms with Crippen molar-refractivity contribution in [2.45, 2.75) is 13.3 Å². The quantitative estimate of drug-likeness (QED) is 0.845. The summed E-state index contributed by atoms with van der Waals surface area (Å²) in [6, 6.07) is 5.21. The first-order chi connectivity index (χ1) is 10.5. The summed E-state index contributed by atoms with van der Waals surface area (Å²) in [4.78, 5) is 12.2. The van der Waals surface area contributed by atoms with Crippen LogP contribution >= 0.6 is 0 Å². The van der Waals surface area contributed by atoms with Gasteiger partial charge in [-0.1, -0.05) is 0 Å². The summed E-state index contributed by atoms with van der Waals surface area (Å²) in [5.74, 6) is 0.613. The summed E-state index contributed by atoms with van der Waals surface area (Å²) in [6.07, 6.45) is 0.652. The molecule has 0 aromatic heterocycles. The third-order valence-electron chi connectivity index (χ3n) is 4.26. The van der Waals surface area contributed by atoms with E-state index in [9.17, 15) is 13.2 Å². The van der Waals surface area contributed by atoms with Crippen LogP contribution in [0, 0.1) is 12.8 Å². The van der Waals surface area contributed by atoms with Gasteiger partial charge >= 0.3 is 0 Å². The van der Waals surface area contributed by atoms with Crippen molar-refractivity contribution >= 4 is 21.6 Å². The highest BCUT2D eigenvalue weighted by atomic mass is 32.2. The molecule has 1 aromatic carbocycles. The van der Waals surface area contributed by atoms with Crippen molar-refractivity contribution in [3.63, 3.8) is 0 Å². The molecule has 3 rings (SSSR count). The number of hydrogen-bond acceptors (Lipinski definition) is 4. The molecule has 120 valence electrons. The molecule has 22 heavy (non-hydrogen) atoms. The van der Waals surface area contributed by atoms with Crippen molar-refractivity contribution < 1.29 is 13.2 Å². The van der Waals surface area contributed by atoms with Crippen molar-refractivity contribution in [3.8, 4) is 0 Å². The Hall–Kier alpha value is -1.60. The van der Waals surface area contributed by atoms with E-state index >= 15 is 0 Å². The van der Waals surface area contributed by atoms with Crippen molar-refractivity contribution in [1.82, 2.24) is 10.6 Å². The number of carbonyl (C=O) groups is 1. The second kappa shape index (κ2) is 5.89. The molecule has 2 aliphatic rings. The number of benzene rings is 1. The van der Waals surface area contributed by atoms with Crippen LogP contribution in [0.4, 0.5) is 5.69 Å². The number of anilines is 1. The van der Waals surface area contributed by atoms with Gasteiger partial charge in [0.15, 0.2) is 0 Å². The second-order valence-electron chi connectivity index (χ2n) is 5.98. The summed E-state index contributed by atoms with van der Waals surface area (Å²) >= 11 is 0. The molecule has 2 aliphatic heterocycles. The Morgan fingerprint density at radius 1 is 1.41 bits per heavy atom. The lowest BCUT2D eigenvalue weighted by Crippen LogP contribution is -2.48. The second-order valence-corrected chi connectivity index (χ2v) is 7.99. The van der Waals surface area contributed by atoms with Crippen LogP contribution in [-0.4, -0.2) is 46.3 Å². The molecule has 1 aromatic rings. The molecule has 2 heterocycles. The van der Waals surface area contributed by atoms with E-state index in [0.29, 0.717) is 36.7 Å². The molecule has 2 saturated heterocycles. The lowest BCUT2D eigenvalue weighted by atomic mass is 10.0. The maximum absolute atomic E-state index is 12.2. The van der Waals surface area contributed by atoms with Gasteiger partial charge in [0.05, 0.1) is 11.4 Å². The zero-order valence-corrected chi connectivity index (χ0v) is 13.4. The number of aryl methyl sites for hydroxylation is 1. The van der Waals surface area contributed by atoms with E-state index in [2.05, 4.69) is 10.6 Å². The minimum Gasteiger partial charge on any atom is -0.352 e. The summed E-state index contributed by atoms with van der Waals surface area (Å²) in [6.45, 7) is 4.93. The molecule has 0 unspecified atom stereocenters. The lowest BCUT2D eigenvalue weighted by Gasteiger charge is -2.27. The zero-order chi connectivity index (χ0) is 15.7. The molecular formula is C15H21N3O3S. The molecule has 7 heteroatoms. The van der Waals surface area contributed by atoms with Gasteiger partial charge in [-0.05, 0) is 37.1 Å². The number of nitrogens with zero attached hydrogens (tertiary/aromatic N) is 1. The summed E-state index contributed by atoms with van der Waals surface area (Å²) < 4.78 is 25.3. The van der Waals surface area contributed by atoms with Crippen LogP contribution in [0.25, 0.3) is 0 Å². The standard InChI is InChI=1S/C15H21N3O3S/c1-11-7-13(18-5-2-6-22(18,20)21)3-4-14(11)15(19)17-10-12-8-16-9-12/h3-4,7,12,16H,2,5-6,8-10H2,1H3,(H,17,19). The summed E-state index contributed by atoms with van der Waals surface area (Å²) in [5, 5.41) is 6.10. The van der Waals surface area contributed by atoms with Crippen molar-refractivity contribution in [3.05, 3.63) is 29.3 Å². The topological polar surface area (TPSA) is 78.5 Å². The van der Waals surface area contributed by atoms with E-state index in [1.165, 1.54) is 4.31 Å². The zero-order valence-electron chi connectivity index (χ0n) is 12.6. The largest absolute Gasteiger partial charge is 0.352 e. The van der Waals surface area contributed by atoms with Crippen LogP contribution < -0.4 is 14.9 Å². The van der Waals surface area contributed by atoms with Gasteiger partial charge in [0.1, 0.15) is 0 Å². The molecule has 6 nitrogen and oxygen atoms in total. The highest BCUT2D eigenvalue weighted by molar-refractivity contribution is 7.93. The van der Waals surface area contributed by atoms with Crippen molar-refractivity contribution in [1.29, 1.82) is 0 Å². The molecular weight excluding hydrogens is 302 g/mol. The van der Waals surface area contributed by atoms with E-state index in [1.54, 1.807) is 18.2 Å². The van der Waals surface area contributed by atoms with Gasteiger partial charge in [-0.2, -0.15) is 0 Å². The third kappa shape index (κ3) is 2.96. The fraction of sp³-hybridized carbons (Fsp3) is 0.533. The number of carbonyl (C=O) groups excluding carboxylic acids is 1. The Morgan fingerprint density at radius 3 is 2.73 bits per heavy atom. The first-order valence-corrected chi connectivity index (χ1v) is 9.18. The molecule has 0 bridgehead atoms. The van der Waals surface area contributed by atoms with Crippen LogP contribution in [0.5, 0.6) is 0 Å². The Morgan fingerprint density at radius 2 is 2.18 bits per heavy atom. The van der Waals surface area contributed by atoms with Crippen LogP contribution in [-0.2, 0) is 10.0 Å². The minimum atomic E-state index is -3.18. The molecule has 0 spiro atoms. The monoisotopic (exact) mass is 323 g/mol. The van der Waals surface area contributed by atoms with E-state index in [4.69, 9.17) is 0 Å². The molecule has 1 amide bonds. The maximum Gasteiger partial charge on any atom is 0.251 e. The van der Waals surface area contributed by atoms with Gasteiger partial charge < -0.3 is 10.6 Å². The molecule has 0 radical (unpaired) electrons. The number of amides is 1. The molecule has 0 atom stereocenters. The number of rotatable bonds is 4. The fourth-order valence-electron chi connectivity index (χ4n) is 2.81. The number of nitrogens with one attached hydrogen (secondary N) is 2. The van der Waals surface area contributed by atoms with Crippen LogP contribution in [0.15, 0.2) is 18.2 Å². The molecule has 0 saturated carbocycles. The van der Waals surface area contributed by atoms with Gasteiger partial charge in [-0.15, -0.1) is 0 Å². The number of hydrogen-bond donors (Lipinski definition) is 2. The first kappa shape index (κ1) is 15.3. The minimum absolute atomic E-state index is 0.0970. The predicted molar refractivity (Wildman–Crippen MR) is 85.6 cm³/mol. The van der Waals surface area contributed by atoms with Crippen LogP contribution in [0.2, 0.25) is 0 Å². The Labute approximate surface area is 130 Å². The maximum atomic E-state index is 12.2. The van der Waals surface area contributed by atoms with Crippen LogP contribution in [0.3, 0.4) is 0 Å². The Bertz CT molecular complexity index is 683. The van der Waals surface area contributed by atoms with E-state index in [1.807, 2.05) is 6.92 Å². The van der Waals surface area contributed by atoms with E-state index in [0.717, 1.165) is 18.7 Å². The van der Waals surface area contributed by atoms with E-state index in [-0.39, 0.29) is 11.7 Å². The molecule has 2 fully saturated rings. The van der Waals surface area contributed by atoms with Gasteiger partial charge in [0.2, 0.25) is 10.0 Å². The van der Waals surface area contributed by atoms with Gasteiger partial charge in [0.25, 0.3) is 5.91 Å². The van der Waals surface area contributed by atoms with Crippen molar-refractivity contribution in [2.24, 2.45) is 5.92 Å². The average Bonchev–Trinajstić information content (AvgIpc) is 2.76. The normalized spacial score (nSPS) is 20.7.